The van der Waals surface area contributed by atoms with Gasteiger partial charge in [-0.2, -0.15) is 0 Å². The number of pyridine rings is 1. The number of nitro benzene ring substituents is 1. The molecule has 0 saturated carbocycles. The van der Waals surface area contributed by atoms with E-state index in [1.54, 1.807) is 45.2 Å². The van der Waals surface area contributed by atoms with Crippen LogP contribution in [0.2, 0.25) is 0 Å². The molecule has 37 heavy (non-hydrogen) atoms. The number of ether oxygens (including phenoxy) is 1. The fraction of sp³-hybridized carbons (Fsp3) is 0.231. The summed E-state index contributed by atoms with van der Waals surface area (Å²) < 4.78 is 5.06. The molecule has 1 atom stereocenters. The Morgan fingerprint density at radius 2 is 2.00 bits per heavy atom. The van der Waals surface area contributed by atoms with Crippen molar-refractivity contribution in [3.05, 3.63) is 98.1 Å². The zero-order valence-electron chi connectivity index (χ0n) is 20.3. The Kier molecular flexibility index (Phi) is 6.87. The van der Waals surface area contributed by atoms with E-state index < -0.39 is 34.4 Å². The van der Waals surface area contributed by atoms with Crippen molar-refractivity contribution < 1.29 is 29.2 Å². The van der Waals surface area contributed by atoms with Gasteiger partial charge in [0.2, 0.25) is 0 Å². The number of nitro groups is 1. The number of hydrogen-bond donors (Lipinski definition) is 2. The number of carbonyl (C=O) groups is 3. The van der Waals surface area contributed by atoms with Gasteiger partial charge in [-0.15, -0.1) is 0 Å². The highest BCUT2D eigenvalue weighted by molar-refractivity contribution is 6.46. The second-order valence-corrected chi connectivity index (χ2v) is 8.49. The molecule has 1 aliphatic rings. The maximum Gasteiger partial charge on any atom is 0.355 e. The molecule has 2 N–H and O–H groups in total. The minimum atomic E-state index is -1.13. The van der Waals surface area contributed by atoms with Crippen molar-refractivity contribution in [2.45, 2.75) is 33.4 Å². The van der Waals surface area contributed by atoms with Crippen molar-refractivity contribution in [1.29, 1.82) is 0 Å². The van der Waals surface area contributed by atoms with Crippen LogP contribution in [0, 0.1) is 24.0 Å². The van der Waals surface area contributed by atoms with Crippen LogP contribution in [-0.4, -0.2) is 49.2 Å². The number of esters is 1. The van der Waals surface area contributed by atoms with E-state index >= 15 is 0 Å². The van der Waals surface area contributed by atoms with E-state index in [0.29, 0.717) is 16.8 Å². The SMILES string of the molecule is CCOC(=O)c1[nH]c(C)c(/C(O)=C2\C(=O)C(=O)N(Cc3cccnc3)[C@H]2c2cccc([N+](=O)[O-])c2)c1C. The average Bonchev–Trinajstić information content (AvgIpc) is 3.32. The molecule has 0 radical (unpaired) electrons. The predicted octanol–water partition coefficient (Wildman–Crippen LogP) is 3.73. The van der Waals surface area contributed by atoms with Crippen LogP contribution < -0.4 is 0 Å². The second-order valence-electron chi connectivity index (χ2n) is 8.49. The van der Waals surface area contributed by atoms with E-state index in [2.05, 4.69) is 9.97 Å². The van der Waals surface area contributed by atoms with Gasteiger partial charge >= 0.3 is 5.97 Å². The molecular weight excluding hydrogens is 480 g/mol. The topological polar surface area (TPSA) is 156 Å². The molecule has 3 aromatic rings. The summed E-state index contributed by atoms with van der Waals surface area (Å²) in [6.07, 6.45) is 3.10. The Hall–Kier alpha value is -4.80. The monoisotopic (exact) mass is 504 g/mol. The van der Waals surface area contributed by atoms with Crippen LogP contribution in [0.4, 0.5) is 5.69 Å². The number of aromatic nitrogens is 2. The average molecular weight is 504 g/mol. The summed E-state index contributed by atoms with van der Waals surface area (Å²) in [7, 11) is 0. The molecule has 0 bridgehead atoms. The van der Waals surface area contributed by atoms with E-state index in [-0.39, 0.29) is 41.2 Å². The van der Waals surface area contributed by atoms with Crippen LogP contribution in [0.1, 0.15) is 51.4 Å². The number of aromatic amines is 1. The number of aryl methyl sites for hydroxylation is 1. The number of non-ortho nitro benzene ring substituents is 1. The summed E-state index contributed by atoms with van der Waals surface area (Å²) in [6.45, 7) is 4.97. The van der Waals surface area contributed by atoms with Gasteiger partial charge in [0, 0.05) is 42.3 Å². The first-order valence-corrected chi connectivity index (χ1v) is 11.4. The number of aliphatic hydroxyl groups excluding tert-OH is 1. The normalized spacial score (nSPS) is 16.7. The maximum absolute atomic E-state index is 13.3. The fourth-order valence-electron chi connectivity index (χ4n) is 4.53. The molecule has 1 amide bonds. The number of hydrogen-bond acceptors (Lipinski definition) is 8. The smallest absolute Gasteiger partial charge is 0.355 e. The number of rotatable bonds is 7. The third-order valence-electron chi connectivity index (χ3n) is 6.17. The number of aliphatic hydroxyl groups is 1. The summed E-state index contributed by atoms with van der Waals surface area (Å²) >= 11 is 0. The molecule has 0 aliphatic carbocycles. The van der Waals surface area contributed by atoms with Crippen LogP contribution in [0.5, 0.6) is 0 Å². The summed E-state index contributed by atoms with van der Waals surface area (Å²) in [5.74, 6) is -2.95. The molecule has 2 aromatic heterocycles. The number of amides is 1. The minimum Gasteiger partial charge on any atom is -0.507 e. The van der Waals surface area contributed by atoms with Crippen LogP contribution in [-0.2, 0) is 20.9 Å². The van der Waals surface area contributed by atoms with Gasteiger partial charge in [0.05, 0.1) is 23.1 Å². The molecule has 1 fully saturated rings. The number of nitrogens with one attached hydrogen (secondary N) is 1. The lowest BCUT2D eigenvalue weighted by atomic mass is 9.93. The molecule has 11 heteroatoms. The highest BCUT2D eigenvalue weighted by atomic mass is 16.6. The number of benzene rings is 1. The number of Topliss-reactive ketones (excluding diaryl/α,β-unsaturated/α-hetero) is 1. The molecule has 1 aliphatic heterocycles. The first-order valence-electron chi connectivity index (χ1n) is 11.4. The first kappa shape index (κ1) is 25.3. The largest absolute Gasteiger partial charge is 0.507 e. The predicted molar refractivity (Wildman–Crippen MR) is 131 cm³/mol. The Labute approximate surface area is 211 Å². The molecule has 190 valence electrons. The lowest BCUT2D eigenvalue weighted by Crippen LogP contribution is -2.29. The van der Waals surface area contributed by atoms with Gasteiger partial charge in [-0.05, 0) is 43.5 Å². The molecular formula is C26H24N4O7. The summed E-state index contributed by atoms with van der Waals surface area (Å²) in [6, 6.07) is 7.83. The third kappa shape index (κ3) is 4.58. The van der Waals surface area contributed by atoms with E-state index in [0.717, 1.165) is 0 Å². The van der Waals surface area contributed by atoms with Crippen molar-refractivity contribution in [2.24, 2.45) is 0 Å². The van der Waals surface area contributed by atoms with Crippen molar-refractivity contribution in [2.75, 3.05) is 6.61 Å². The molecule has 0 spiro atoms. The zero-order valence-corrected chi connectivity index (χ0v) is 20.3. The Morgan fingerprint density at radius 3 is 2.65 bits per heavy atom. The van der Waals surface area contributed by atoms with E-state index in [9.17, 15) is 29.6 Å². The van der Waals surface area contributed by atoms with Crippen molar-refractivity contribution >= 4 is 29.1 Å². The lowest BCUT2D eigenvalue weighted by molar-refractivity contribution is -0.384. The number of ketones is 1. The molecule has 1 aromatic carbocycles. The summed E-state index contributed by atoms with van der Waals surface area (Å²) in [4.78, 5) is 58.0. The number of H-pyrrole nitrogens is 1. The highest BCUT2D eigenvalue weighted by Crippen LogP contribution is 2.42. The van der Waals surface area contributed by atoms with Crippen LogP contribution in [0.25, 0.3) is 5.76 Å². The highest BCUT2D eigenvalue weighted by Gasteiger charge is 2.47. The molecule has 4 rings (SSSR count). The standard InChI is InChI=1S/C26H24N4O7/c1-4-37-26(34)21-14(2)19(15(3)28-21)23(31)20-22(17-8-5-9-18(11-17)30(35)36)29(25(33)24(20)32)13-16-7-6-10-27-12-16/h5-12,22,28,31H,4,13H2,1-3H3/b23-20+/t22-/m0/s1. The zero-order chi connectivity index (χ0) is 26.9. The number of carbonyl (C=O) groups excluding carboxylic acids is 3. The van der Waals surface area contributed by atoms with Gasteiger partial charge in [-0.25, -0.2) is 4.79 Å². The molecule has 3 heterocycles. The second kappa shape index (κ2) is 10.1. The van der Waals surface area contributed by atoms with Gasteiger partial charge in [0.15, 0.2) is 0 Å². The summed E-state index contributed by atoms with van der Waals surface area (Å²) in [5.41, 5.74) is 1.43. The molecule has 11 nitrogen and oxygen atoms in total. The summed E-state index contributed by atoms with van der Waals surface area (Å²) in [5, 5.41) is 22.9. The van der Waals surface area contributed by atoms with Gasteiger partial charge in [-0.1, -0.05) is 18.2 Å². The van der Waals surface area contributed by atoms with Crippen LogP contribution in [0.3, 0.4) is 0 Å². The van der Waals surface area contributed by atoms with Gasteiger partial charge in [0.1, 0.15) is 11.5 Å². The maximum atomic E-state index is 13.3. The minimum absolute atomic E-state index is 0.0261. The Balaban J connectivity index is 1.92. The molecule has 1 saturated heterocycles. The number of nitrogens with zero attached hydrogens (tertiary/aromatic N) is 3. The van der Waals surface area contributed by atoms with E-state index in [1.165, 1.54) is 29.3 Å². The lowest BCUT2D eigenvalue weighted by Gasteiger charge is -2.25. The van der Waals surface area contributed by atoms with Crippen molar-refractivity contribution in [3.63, 3.8) is 0 Å². The van der Waals surface area contributed by atoms with E-state index in [1.807, 2.05) is 0 Å². The van der Waals surface area contributed by atoms with Crippen molar-refractivity contribution in [3.8, 4) is 0 Å². The first-order chi connectivity index (χ1) is 17.6. The quantitative estimate of drug-likeness (QED) is 0.123. The number of likely N-dealkylation sites (tertiary alicyclic amines) is 1. The van der Waals surface area contributed by atoms with E-state index in [4.69, 9.17) is 4.74 Å². The van der Waals surface area contributed by atoms with Gasteiger partial charge in [-0.3, -0.25) is 24.7 Å². The van der Waals surface area contributed by atoms with Crippen molar-refractivity contribution in [1.82, 2.24) is 14.9 Å². The fourth-order valence-corrected chi connectivity index (χ4v) is 4.53. The molecule has 0 unspecified atom stereocenters. The van der Waals surface area contributed by atoms with Gasteiger partial charge < -0.3 is 19.7 Å². The van der Waals surface area contributed by atoms with Gasteiger partial charge in [0.25, 0.3) is 17.4 Å². The van der Waals surface area contributed by atoms with Crippen LogP contribution >= 0.6 is 0 Å². The Morgan fingerprint density at radius 1 is 1.24 bits per heavy atom. The van der Waals surface area contributed by atoms with Crippen LogP contribution in [0.15, 0.2) is 54.4 Å². The Bertz CT molecular complexity index is 1440. The third-order valence-corrected chi connectivity index (χ3v) is 6.17.